The lowest BCUT2D eigenvalue weighted by atomic mass is 10.3. The number of methoxy groups -OCH3 is 1. The molecule has 1 aromatic carbocycles. The highest BCUT2D eigenvalue weighted by Gasteiger charge is 2.27. The van der Waals surface area contributed by atoms with Crippen LogP contribution in [-0.4, -0.2) is 25.5 Å². The van der Waals surface area contributed by atoms with Gasteiger partial charge in [-0.25, -0.2) is 0 Å². The van der Waals surface area contributed by atoms with Gasteiger partial charge in [0, 0.05) is 5.69 Å². The van der Waals surface area contributed by atoms with Crippen LogP contribution in [0, 0.1) is 0 Å². The van der Waals surface area contributed by atoms with Crippen LogP contribution in [0.5, 0.6) is 5.75 Å². The van der Waals surface area contributed by atoms with Gasteiger partial charge in [-0.3, -0.25) is 9.59 Å². The zero-order valence-electron chi connectivity index (χ0n) is 9.44. The van der Waals surface area contributed by atoms with E-state index in [0.29, 0.717) is 11.4 Å². The zero-order chi connectivity index (χ0) is 13.1. The molecule has 0 spiro atoms. The van der Waals surface area contributed by atoms with Crippen LogP contribution in [0.3, 0.4) is 0 Å². The molecule has 7 heteroatoms. The summed E-state index contributed by atoms with van der Waals surface area (Å²) in [5.41, 5.74) is 0.621. The van der Waals surface area contributed by atoms with Gasteiger partial charge in [0.15, 0.2) is 0 Å². The van der Waals surface area contributed by atoms with E-state index >= 15 is 0 Å². The summed E-state index contributed by atoms with van der Waals surface area (Å²) in [4.78, 5) is 22.1. The lowest BCUT2D eigenvalue weighted by Gasteiger charge is -2.23. The van der Waals surface area contributed by atoms with Crippen molar-refractivity contribution in [1.82, 2.24) is 0 Å². The number of benzene rings is 1. The second kappa shape index (κ2) is 5.26. The summed E-state index contributed by atoms with van der Waals surface area (Å²) in [6, 6.07) is 5.15. The molecular formula is C11H10BrNO5. The highest BCUT2D eigenvalue weighted by atomic mass is 79.9. The number of carbonyl (C=O) groups is 2. The van der Waals surface area contributed by atoms with Crippen LogP contribution >= 0.6 is 15.9 Å². The summed E-state index contributed by atoms with van der Waals surface area (Å²) in [7, 11) is 1.55. The lowest BCUT2D eigenvalue weighted by Crippen LogP contribution is -2.37. The molecule has 0 radical (unpaired) electrons. The van der Waals surface area contributed by atoms with Gasteiger partial charge in [0.1, 0.15) is 12.2 Å². The Kier molecular flexibility index (Phi) is 3.71. The Balaban J connectivity index is 2.07. The molecule has 18 heavy (non-hydrogen) atoms. The highest BCUT2D eigenvalue weighted by molar-refractivity contribution is 9.10. The van der Waals surface area contributed by atoms with Crippen molar-refractivity contribution >= 4 is 33.6 Å². The Bertz CT molecular complexity index is 474. The topological polar surface area (TPSA) is 73.9 Å². The van der Waals surface area contributed by atoms with Crippen molar-refractivity contribution in [3.05, 3.63) is 22.7 Å². The molecule has 0 atom stereocenters. The molecule has 1 heterocycles. The standard InChI is InChI=1S/C11H10BrNO5/c1-16-8-3-2-6(4-7(8)12)13-11-17-9(14)5-10(15)18-11/h2-4,11,13H,5H2,1H3. The van der Waals surface area contributed by atoms with Gasteiger partial charge in [-0.15, -0.1) is 0 Å². The molecular weight excluding hydrogens is 306 g/mol. The molecule has 1 aliphatic rings. The minimum atomic E-state index is -1.10. The van der Waals surface area contributed by atoms with Crippen LogP contribution < -0.4 is 10.1 Å². The van der Waals surface area contributed by atoms with Crippen molar-refractivity contribution in [3.63, 3.8) is 0 Å². The molecule has 0 aliphatic carbocycles. The normalized spacial score (nSPS) is 15.9. The van der Waals surface area contributed by atoms with Crippen LogP contribution in [0.2, 0.25) is 0 Å². The molecule has 0 bridgehead atoms. The largest absolute Gasteiger partial charge is 0.496 e. The number of hydrogen-bond acceptors (Lipinski definition) is 6. The highest BCUT2D eigenvalue weighted by Crippen LogP contribution is 2.28. The number of ether oxygens (including phenoxy) is 3. The molecule has 1 fully saturated rings. The molecule has 1 N–H and O–H groups in total. The summed E-state index contributed by atoms with van der Waals surface area (Å²) in [6.45, 7) is 0. The predicted octanol–water partition coefficient (Wildman–Crippen LogP) is 1.64. The Morgan fingerprint density at radius 1 is 1.33 bits per heavy atom. The number of cyclic esters (lactones) is 2. The van der Waals surface area contributed by atoms with E-state index in [0.717, 1.165) is 4.47 Å². The maximum absolute atomic E-state index is 11.0. The molecule has 1 saturated heterocycles. The fourth-order valence-electron chi connectivity index (χ4n) is 1.42. The quantitative estimate of drug-likeness (QED) is 0.675. The number of rotatable bonds is 3. The maximum Gasteiger partial charge on any atom is 0.329 e. The number of anilines is 1. The van der Waals surface area contributed by atoms with E-state index < -0.39 is 18.4 Å². The van der Waals surface area contributed by atoms with Crippen molar-refractivity contribution < 1.29 is 23.8 Å². The number of hydrogen-bond donors (Lipinski definition) is 1. The Morgan fingerprint density at radius 3 is 2.56 bits per heavy atom. The number of halogens is 1. The molecule has 2 rings (SSSR count). The molecule has 0 aromatic heterocycles. The van der Waals surface area contributed by atoms with Gasteiger partial charge in [-0.05, 0) is 34.1 Å². The molecule has 1 aliphatic heterocycles. The van der Waals surface area contributed by atoms with E-state index in [4.69, 9.17) is 14.2 Å². The fourth-order valence-corrected chi connectivity index (χ4v) is 1.96. The summed E-state index contributed by atoms with van der Waals surface area (Å²) in [6.07, 6.45) is -1.45. The average molecular weight is 316 g/mol. The van der Waals surface area contributed by atoms with Crippen LogP contribution in [-0.2, 0) is 19.1 Å². The molecule has 1 aromatic rings. The van der Waals surface area contributed by atoms with Gasteiger partial charge in [-0.2, -0.15) is 0 Å². The predicted molar refractivity (Wildman–Crippen MR) is 64.9 cm³/mol. The second-order valence-electron chi connectivity index (χ2n) is 3.48. The molecule has 0 amide bonds. The van der Waals surface area contributed by atoms with Gasteiger partial charge in [0.2, 0.25) is 0 Å². The van der Waals surface area contributed by atoms with E-state index in [-0.39, 0.29) is 6.42 Å². The first-order valence-corrected chi connectivity index (χ1v) is 5.87. The number of nitrogens with one attached hydrogen (secondary N) is 1. The first-order valence-electron chi connectivity index (χ1n) is 5.07. The summed E-state index contributed by atoms with van der Waals surface area (Å²) >= 11 is 3.32. The molecule has 6 nitrogen and oxygen atoms in total. The third-order valence-corrected chi connectivity index (χ3v) is 2.82. The van der Waals surface area contributed by atoms with Crippen molar-refractivity contribution in [3.8, 4) is 5.75 Å². The van der Waals surface area contributed by atoms with Crippen molar-refractivity contribution in [2.45, 2.75) is 12.8 Å². The van der Waals surface area contributed by atoms with Crippen molar-refractivity contribution in [1.29, 1.82) is 0 Å². The Hall–Kier alpha value is -1.76. The van der Waals surface area contributed by atoms with Crippen molar-refractivity contribution in [2.75, 3.05) is 12.4 Å². The number of esters is 2. The van der Waals surface area contributed by atoms with Gasteiger partial charge in [0.25, 0.3) is 0 Å². The minimum absolute atomic E-state index is 0.357. The fraction of sp³-hybridized carbons (Fsp3) is 0.273. The van der Waals surface area contributed by atoms with E-state index in [1.165, 1.54) is 0 Å². The van der Waals surface area contributed by atoms with Crippen LogP contribution in [0.4, 0.5) is 5.69 Å². The molecule has 96 valence electrons. The first-order chi connectivity index (χ1) is 8.58. The molecule has 0 unspecified atom stereocenters. The van der Waals surface area contributed by atoms with E-state index in [1.54, 1.807) is 25.3 Å². The third-order valence-electron chi connectivity index (χ3n) is 2.20. The van der Waals surface area contributed by atoms with Crippen LogP contribution in [0.15, 0.2) is 22.7 Å². The van der Waals surface area contributed by atoms with Gasteiger partial charge >= 0.3 is 18.4 Å². The summed E-state index contributed by atoms with van der Waals surface area (Å²) < 4.78 is 15.4. The Morgan fingerprint density at radius 2 is 2.00 bits per heavy atom. The summed E-state index contributed by atoms with van der Waals surface area (Å²) in [5.74, 6) is -0.564. The van der Waals surface area contributed by atoms with Gasteiger partial charge in [-0.1, -0.05) is 0 Å². The van der Waals surface area contributed by atoms with E-state index in [9.17, 15) is 9.59 Å². The van der Waals surface area contributed by atoms with Gasteiger partial charge < -0.3 is 19.5 Å². The minimum Gasteiger partial charge on any atom is -0.496 e. The second-order valence-corrected chi connectivity index (χ2v) is 4.34. The first kappa shape index (κ1) is 12.7. The van der Waals surface area contributed by atoms with Crippen LogP contribution in [0.25, 0.3) is 0 Å². The number of carbonyl (C=O) groups excluding carboxylic acids is 2. The molecule has 0 saturated carbocycles. The zero-order valence-corrected chi connectivity index (χ0v) is 11.0. The SMILES string of the molecule is COc1ccc(NC2OC(=O)CC(=O)O2)cc1Br. The smallest absolute Gasteiger partial charge is 0.329 e. The van der Waals surface area contributed by atoms with E-state index in [2.05, 4.69) is 21.2 Å². The third kappa shape index (κ3) is 2.92. The lowest BCUT2D eigenvalue weighted by molar-refractivity contribution is -0.197. The Labute approximate surface area is 111 Å². The van der Waals surface area contributed by atoms with Gasteiger partial charge in [0.05, 0.1) is 11.6 Å². The van der Waals surface area contributed by atoms with E-state index in [1.807, 2.05) is 0 Å². The average Bonchev–Trinajstić information content (AvgIpc) is 2.27. The van der Waals surface area contributed by atoms with Crippen LogP contribution in [0.1, 0.15) is 6.42 Å². The maximum atomic E-state index is 11.0. The monoisotopic (exact) mass is 315 g/mol. The van der Waals surface area contributed by atoms with Crippen molar-refractivity contribution in [2.24, 2.45) is 0 Å². The summed E-state index contributed by atoms with van der Waals surface area (Å²) in [5, 5.41) is 2.76.